The predicted molar refractivity (Wildman–Crippen MR) is 121 cm³/mol. The van der Waals surface area contributed by atoms with Crippen molar-refractivity contribution in [2.24, 2.45) is 21.6 Å². The fraction of sp³-hybridized carbons (Fsp3) is 0.636. The molecule has 0 saturated carbocycles. The number of amidine groups is 1. The van der Waals surface area contributed by atoms with E-state index in [1.807, 2.05) is 26.8 Å². The summed E-state index contributed by atoms with van der Waals surface area (Å²) < 4.78 is 11.4. The molecule has 0 aliphatic rings. The van der Waals surface area contributed by atoms with E-state index in [9.17, 15) is 0 Å². The quantitative estimate of drug-likeness (QED) is 0.197. The summed E-state index contributed by atoms with van der Waals surface area (Å²) in [5, 5.41) is 3.17. The van der Waals surface area contributed by atoms with Crippen molar-refractivity contribution in [1.29, 1.82) is 0 Å². The van der Waals surface area contributed by atoms with E-state index in [2.05, 4.69) is 42.1 Å². The predicted octanol–water partition coefficient (Wildman–Crippen LogP) is 4.55. The Hall–Kier alpha value is -1.92. The molecule has 0 bridgehead atoms. The maximum absolute atomic E-state index is 5.70. The molecule has 0 aliphatic heterocycles. The highest BCUT2D eigenvalue weighted by atomic mass is 16.7. The van der Waals surface area contributed by atoms with Gasteiger partial charge in [-0.2, -0.15) is 0 Å². The van der Waals surface area contributed by atoms with E-state index in [1.165, 1.54) is 12.6 Å². The fourth-order valence-corrected chi connectivity index (χ4v) is 2.17. The van der Waals surface area contributed by atoms with Gasteiger partial charge in [0.1, 0.15) is 5.84 Å². The van der Waals surface area contributed by atoms with E-state index in [0.29, 0.717) is 25.0 Å². The molecule has 3 N–H and O–H groups in total. The van der Waals surface area contributed by atoms with Crippen LogP contribution in [-0.4, -0.2) is 38.1 Å². The molecule has 0 spiro atoms. The fourth-order valence-electron chi connectivity index (χ4n) is 2.17. The van der Waals surface area contributed by atoms with Crippen molar-refractivity contribution < 1.29 is 9.47 Å². The molecule has 160 valence electrons. The molecule has 0 heterocycles. The highest BCUT2D eigenvalue weighted by Crippen LogP contribution is 2.12. The number of nitrogens with zero attached hydrogens (tertiary/aromatic N) is 2. The van der Waals surface area contributed by atoms with Crippen LogP contribution in [0.15, 0.2) is 45.8 Å². The topological polar surface area (TPSA) is 81.2 Å². The van der Waals surface area contributed by atoms with E-state index in [1.54, 1.807) is 12.4 Å². The third-order valence-corrected chi connectivity index (χ3v) is 4.04. The molecular formula is C22H40N4O2. The van der Waals surface area contributed by atoms with Crippen molar-refractivity contribution in [3.63, 3.8) is 0 Å². The number of hydrogen-bond acceptors (Lipinski definition) is 5. The number of hydrogen-bond donors (Lipinski definition) is 2. The van der Waals surface area contributed by atoms with Crippen LogP contribution in [0, 0.1) is 5.92 Å². The number of aliphatic imine (C=N–C) groups is 2. The van der Waals surface area contributed by atoms with E-state index in [0.717, 1.165) is 30.7 Å². The zero-order valence-corrected chi connectivity index (χ0v) is 18.6. The molecule has 0 fully saturated rings. The van der Waals surface area contributed by atoms with Gasteiger partial charge in [-0.1, -0.05) is 39.3 Å². The van der Waals surface area contributed by atoms with Crippen LogP contribution in [0.5, 0.6) is 0 Å². The van der Waals surface area contributed by atoms with Crippen LogP contribution in [0.25, 0.3) is 0 Å². The Morgan fingerprint density at radius 2 is 1.82 bits per heavy atom. The molecule has 1 unspecified atom stereocenters. The minimum absolute atomic E-state index is 0.430. The molecule has 0 saturated heterocycles. The number of ether oxygens (including phenoxy) is 2. The number of nitrogens with two attached hydrogens (primary N) is 1. The number of rotatable bonds is 14. The molecule has 0 aliphatic carbocycles. The van der Waals surface area contributed by atoms with Crippen molar-refractivity contribution in [3.05, 3.63) is 35.8 Å². The molecule has 0 aromatic heterocycles. The molecule has 0 aromatic carbocycles. The highest BCUT2D eigenvalue weighted by molar-refractivity contribution is 5.89. The molecule has 0 amide bonds. The normalized spacial score (nSPS) is 15.2. The van der Waals surface area contributed by atoms with Crippen molar-refractivity contribution in [3.8, 4) is 0 Å². The molecule has 0 radical (unpaired) electrons. The van der Waals surface area contributed by atoms with Gasteiger partial charge in [0.15, 0.2) is 6.29 Å². The maximum atomic E-state index is 5.70. The lowest BCUT2D eigenvalue weighted by molar-refractivity contribution is -0.109. The van der Waals surface area contributed by atoms with Gasteiger partial charge >= 0.3 is 0 Å². The molecule has 0 aromatic rings. The second kappa shape index (κ2) is 17.2. The van der Waals surface area contributed by atoms with Crippen molar-refractivity contribution in [2.45, 2.75) is 67.1 Å². The van der Waals surface area contributed by atoms with Gasteiger partial charge in [0.05, 0.1) is 5.70 Å². The summed E-state index contributed by atoms with van der Waals surface area (Å²) in [4.78, 5) is 8.93. The van der Waals surface area contributed by atoms with E-state index >= 15 is 0 Å². The van der Waals surface area contributed by atoms with Crippen LogP contribution in [-0.2, 0) is 9.47 Å². The molecule has 1 atom stereocenters. The summed E-state index contributed by atoms with van der Waals surface area (Å²) in [7, 11) is 0. The lowest BCUT2D eigenvalue weighted by atomic mass is 10.1. The molecule has 28 heavy (non-hydrogen) atoms. The van der Waals surface area contributed by atoms with Gasteiger partial charge in [-0.15, -0.1) is 0 Å². The second-order valence-electron chi connectivity index (χ2n) is 6.48. The smallest absolute Gasteiger partial charge is 0.185 e. The molecule has 0 rings (SSSR count). The van der Waals surface area contributed by atoms with Gasteiger partial charge < -0.3 is 20.5 Å². The van der Waals surface area contributed by atoms with Crippen LogP contribution in [0.4, 0.5) is 0 Å². The molecule has 6 heteroatoms. The Bertz CT molecular complexity index is 545. The average Bonchev–Trinajstić information content (AvgIpc) is 2.70. The largest absolute Gasteiger partial charge is 0.403 e. The Balaban J connectivity index is 5.08. The summed E-state index contributed by atoms with van der Waals surface area (Å²) in [5.74, 6) is 1.39. The van der Waals surface area contributed by atoms with Gasteiger partial charge in [-0.3, -0.25) is 4.99 Å². The van der Waals surface area contributed by atoms with Crippen LogP contribution in [0.1, 0.15) is 60.8 Å². The van der Waals surface area contributed by atoms with Crippen molar-refractivity contribution in [1.82, 2.24) is 5.32 Å². The van der Waals surface area contributed by atoms with Crippen LogP contribution >= 0.6 is 0 Å². The van der Waals surface area contributed by atoms with Crippen LogP contribution in [0.2, 0.25) is 0 Å². The Morgan fingerprint density at radius 1 is 1.14 bits per heavy atom. The zero-order chi connectivity index (χ0) is 21.2. The van der Waals surface area contributed by atoms with Crippen molar-refractivity contribution in [2.75, 3.05) is 19.8 Å². The van der Waals surface area contributed by atoms with Gasteiger partial charge in [0, 0.05) is 43.9 Å². The average molecular weight is 393 g/mol. The van der Waals surface area contributed by atoms with Crippen molar-refractivity contribution >= 4 is 12.1 Å². The summed E-state index contributed by atoms with van der Waals surface area (Å²) in [6, 6.07) is 0. The van der Waals surface area contributed by atoms with E-state index in [-0.39, 0.29) is 0 Å². The minimum Gasteiger partial charge on any atom is -0.403 e. The minimum atomic E-state index is -0.430. The Labute approximate surface area is 171 Å². The standard InChI is InChI=1S/C22H40N4O2/c1-7-11-12-20(22(27-9-3)28-10-4)16-25-19(6)26-21(15-23)17-24-14-13-18(5)8-2/h11-12,15-18,22H,7-10,13-14,23H2,1-6H3,(H,25,26)/b12-11+,20-16+,21-15+,24-17?. The Morgan fingerprint density at radius 3 is 2.36 bits per heavy atom. The number of nitrogens with one attached hydrogen (secondary N) is 1. The third kappa shape index (κ3) is 12.5. The van der Waals surface area contributed by atoms with E-state index < -0.39 is 6.29 Å². The Kier molecular flexibility index (Phi) is 16.0. The van der Waals surface area contributed by atoms with Gasteiger partial charge in [-0.05, 0) is 39.5 Å². The first-order valence-corrected chi connectivity index (χ1v) is 10.3. The van der Waals surface area contributed by atoms with Crippen LogP contribution in [0.3, 0.4) is 0 Å². The highest BCUT2D eigenvalue weighted by Gasteiger charge is 2.12. The zero-order valence-electron chi connectivity index (χ0n) is 18.6. The van der Waals surface area contributed by atoms with Gasteiger partial charge in [-0.25, -0.2) is 4.99 Å². The first-order valence-electron chi connectivity index (χ1n) is 10.3. The lowest BCUT2D eigenvalue weighted by Crippen LogP contribution is -2.22. The second-order valence-corrected chi connectivity index (χ2v) is 6.48. The molecule has 6 nitrogen and oxygen atoms in total. The maximum Gasteiger partial charge on any atom is 0.185 e. The van der Waals surface area contributed by atoms with Gasteiger partial charge in [0.25, 0.3) is 0 Å². The van der Waals surface area contributed by atoms with E-state index in [4.69, 9.17) is 15.2 Å². The lowest BCUT2D eigenvalue weighted by Gasteiger charge is -2.17. The summed E-state index contributed by atoms with van der Waals surface area (Å²) >= 11 is 0. The summed E-state index contributed by atoms with van der Waals surface area (Å²) in [6.07, 6.45) is 11.8. The number of allylic oxidation sites excluding steroid dienone is 2. The summed E-state index contributed by atoms with van der Waals surface area (Å²) in [5.41, 5.74) is 7.29. The third-order valence-electron chi connectivity index (χ3n) is 4.04. The molecular weight excluding hydrogens is 352 g/mol. The first-order chi connectivity index (χ1) is 13.5. The first kappa shape index (κ1) is 26.1. The summed E-state index contributed by atoms with van der Waals surface area (Å²) in [6.45, 7) is 14.2. The van der Waals surface area contributed by atoms with Gasteiger partial charge in [0.2, 0.25) is 0 Å². The monoisotopic (exact) mass is 392 g/mol. The SMILES string of the molecule is CC/C=C/C(=C\N=C(C)N/C(C=NCCC(C)CC)=C/N)C(OCC)OCC. The van der Waals surface area contributed by atoms with Crippen LogP contribution < -0.4 is 11.1 Å².